The molecule has 1 N–H and O–H groups in total. The summed E-state index contributed by atoms with van der Waals surface area (Å²) in [5.41, 5.74) is 0. The molecule has 0 saturated carbocycles. The maximum Gasteiger partial charge on any atom is 0.211 e. The van der Waals surface area contributed by atoms with Crippen LogP contribution in [0, 0.1) is 24.2 Å². The predicted molar refractivity (Wildman–Crippen MR) is 72.5 cm³/mol. The lowest BCUT2D eigenvalue weighted by atomic mass is 9.76. The Morgan fingerprint density at radius 2 is 2.28 bits per heavy atom. The SMILES string of the molecule is C#CC1CN2CCC1CC2CNS(=O)(=O)CCC. The highest BCUT2D eigenvalue weighted by Crippen LogP contribution is 2.35. The molecule has 2 bridgehead atoms. The van der Waals surface area contributed by atoms with Gasteiger partial charge >= 0.3 is 0 Å². The predicted octanol–water partition coefficient (Wildman–Crippen LogP) is 0.659. The van der Waals surface area contributed by atoms with Crippen molar-refractivity contribution >= 4 is 10.0 Å². The average Bonchev–Trinajstić information content (AvgIpc) is 2.37. The normalized spacial score (nSPS) is 35.3. The van der Waals surface area contributed by atoms with Gasteiger partial charge in [-0.05, 0) is 31.7 Å². The standard InChI is InChI=1S/C13H22N2O2S/c1-3-7-18(16,17)14-9-13-8-12-5-6-15(13)10-11(12)4-2/h2,11-14H,3,5-10H2,1H3. The third-order valence-electron chi connectivity index (χ3n) is 4.10. The lowest BCUT2D eigenvalue weighted by Gasteiger charge is -2.48. The zero-order valence-electron chi connectivity index (χ0n) is 10.9. The Morgan fingerprint density at radius 3 is 2.83 bits per heavy atom. The Bertz CT molecular complexity index is 427. The van der Waals surface area contributed by atoms with Crippen LogP contribution in [0.3, 0.4) is 0 Å². The molecule has 4 nitrogen and oxygen atoms in total. The summed E-state index contributed by atoms with van der Waals surface area (Å²) in [5, 5.41) is 0. The Kier molecular flexibility index (Phi) is 4.31. The largest absolute Gasteiger partial charge is 0.298 e. The Morgan fingerprint density at radius 1 is 1.50 bits per heavy atom. The molecule has 3 aliphatic rings. The Hall–Kier alpha value is -0.570. The average molecular weight is 270 g/mol. The zero-order valence-corrected chi connectivity index (χ0v) is 11.7. The second-order valence-corrected chi connectivity index (χ2v) is 7.30. The first-order valence-electron chi connectivity index (χ1n) is 6.73. The Labute approximate surface area is 110 Å². The van der Waals surface area contributed by atoms with E-state index in [1.165, 1.54) is 0 Å². The van der Waals surface area contributed by atoms with E-state index < -0.39 is 10.0 Å². The van der Waals surface area contributed by atoms with Gasteiger partial charge in [0, 0.05) is 25.0 Å². The molecule has 3 aliphatic heterocycles. The molecular weight excluding hydrogens is 248 g/mol. The smallest absolute Gasteiger partial charge is 0.211 e. The lowest BCUT2D eigenvalue weighted by molar-refractivity contribution is 0.0251. The molecule has 3 saturated heterocycles. The van der Waals surface area contributed by atoms with Crippen LogP contribution < -0.4 is 4.72 Å². The van der Waals surface area contributed by atoms with Crippen LogP contribution >= 0.6 is 0 Å². The third kappa shape index (κ3) is 3.05. The molecular formula is C13H22N2O2S. The number of hydrogen-bond donors (Lipinski definition) is 1. The van der Waals surface area contributed by atoms with E-state index in [0.29, 0.717) is 30.8 Å². The summed E-state index contributed by atoms with van der Waals surface area (Å²) in [7, 11) is -3.08. The van der Waals surface area contributed by atoms with Gasteiger partial charge in [-0.1, -0.05) is 6.92 Å². The van der Waals surface area contributed by atoms with Crippen molar-refractivity contribution in [3.05, 3.63) is 0 Å². The number of fused-ring (bicyclic) bond motifs is 3. The highest BCUT2D eigenvalue weighted by Gasteiger charge is 2.39. The summed E-state index contributed by atoms with van der Waals surface area (Å²) in [4.78, 5) is 2.35. The maximum atomic E-state index is 11.6. The van der Waals surface area contributed by atoms with E-state index in [2.05, 4.69) is 15.5 Å². The van der Waals surface area contributed by atoms with Gasteiger partial charge in [0.25, 0.3) is 0 Å². The zero-order chi connectivity index (χ0) is 13.2. The molecule has 5 heteroatoms. The van der Waals surface area contributed by atoms with Crippen LogP contribution in [0.15, 0.2) is 0 Å². The molecule has 0 aromatic heterocycles. The van der Waals surface area contributed by atoms with Gasteiger partial charge in [0.2, 0.25) is 10.0 Å². The van der Waals surface area contributed by atoms with Crippen LogP contribution in [0.25, 0.3) is 0 Å². The van der Waals surface area contributed by atoms with E-state index in [1.54, 1.807) is 0 Å². The van der Waals surface area contributed by atoms with Gasteiger partial charge in [-0.3, -0.25) is 4.90 Å². The first-order chi connectivity index (χ1) is 8.55. The maximum absolute atomic E-state index is 11.6. The van der Waals surface area contributed by atoms with Crippen molar-refractivity contribution in [3.63, 3.8) is 0 Å². The fraction of sp³-hybridized carbons (Fsp3) is 0.846. The molecule has 4 atom stereocenters. The van der Waals surface area contributed by atoms with Crippen LogP contribution in [0.4, 0.5) is 0 Å². The van der Waals surface area contributed by atoms with Crippen molar-refractivity contribution in [1.82, 2.24) is 9.62 Å². The van der Waals surface area contributed by atoms with Gasteiger partial charge in [0.05, 0.1) is 5.75 Å². The van der Waals surface area contributed by atoms with E-state index >= 15 is 0 Å². The summed E-state index contributed by atoms with van der Waals surface area (Å²) < 4.78 is 26.0. The van der Waals surface area contributed by atoms with E-state index in [9.17, 15) is 8.42 Å². The van der Waals surface area contributed by atoms with Crippen molar-refractivity contribution in [2.24, 2.45) is 11.8 Å². The quantitative estimate of drug-likeness (QED) is 0.747. The number of terminal acetylenes is 1. The molecule has 0 aromatic rings. The van der Waals surface area contributed by atoms with Gasteiger partial charge in [0.15, 0.2) is 0 Å². The van der Waals surface area contributed by atoms with E-state index in [1.807, 2.05) is 6.92 Å². The molecule has 0 aliphatic carbocycles. The van der Waals surface area contributed by atoms with Crippen molar-refractivity contribution < 1.29 is 8.42 Å². The van der Waals surface area contributed by atoms with Crippen molar-refractivity contribution in [2.45, 2.75) is 32.2 Å². The van der Waals surface area contributed by atoms with Gasteiger partial charge in [-0.2, -0.15) is 0 Å². The van der Waals surface area contributed by atoms with Gasteiger partial charge in [-0.15, -0.1) is 12.3 Å². The Balaban J connectivity index is 1.88. The molecule has 4 unspecified atom stereocenters. The lowest BCUT2D eigenvalue weighted by Crippen LogP contribution is -2.56. The van der Waals surface area contributed by atoms with Crippen LogP contribution in [-0.4, -0.2) is 44.7 Å². The van der Waals surface area contributed by atoms with Crippen molar-refractivity contribution in [1.29, 1.82) is 0 Å². The first kappa shape index (κ1) is 13.9. The molecule has 0 radical (unpaired) electrons. The van der Waals surface area contributed by atoms with Gasteiger partial charge in [0.1, 0.15) is 0 Å². The molecule has 3 heterocycles. The number of sulfonamides is 1. The molecule has 0 aromatic carbocycles. The van der Waals surface area contributed by atoms with Gasteiger partial charge < -0.3 is 0 Å². The molecule has 18 heavy (non-hydrogen) atoms. The molecule has 0 amide bonds. The van der Waals surface area contributed by atoms with Crippen LogP contribution in [0.2, 0.25) is 0 Å². The second-order valence-electron chi connectivity index (χ2n) is 5.37. The minimum absolute atomic E-state index is 0.218. The fourth-order valence-electron chi connectivity index (χ4n) is 3.10. The highest BCUT2D eigenvalue weighted by molar-refractivity contribution is 7.89. The number of hydrogen-bond acceptors (Lipinski definition) is 3. The van der Waals surface area contributed by atoms with E-state index in [-0.39, 0.29) is 5.75 Å². The molecule has 0 spiro atoms. The number of nitrogens with one attached hydrogen (secondary N) is 1. The summed E-state index contributed by atoms with van der Waals surface area (Å²) in [5.74, 6) is 4.03. The van der Waals surface area contributed by atoms with Crippen LogP contribution in [0.5, 0.6) is 0 Å². The highest BCUT2D eigenvalue weighted by atomic mass is 32.2. The van der Waals surface area contributed by atoms with Crippen LogP contribution in [-0.2, 0) is 10.0 Å². The van der Waals surface area contributed by atoms with E-state index in [4.69, 9.17) is 6.42 Å². The minimum Gasteiger partial charge on any atom is -0.298 e. The van der Waals surface area contributed by atoms with Crippen molar-refractivity contribution in [2.75, 3.05) is 25.4 Å². The summed E-state index contributed by atoms with van der Waals surface area (Å²) in [6, 6.07) is 0.333. The summed E-state index contributed by atoms with van der Waals surface area (Å²) in [6.45, 7) is 4.41. The molecule has 102 valence electrons. The van der Waals surface area contributed by atoms with Gasteiger partial charge in [-0.25, -0.2) is 13.1 Å². The van der Waals surface area contributed by atoms with E-state index in [0.717, 1.165) is 25.9 Å². The topological polar surface area (TPSA) is 49.4 Å². The summed E-state index contributed by atoms with van der Waals surface area (Å²) in [6.07, 6.45) is 8.38. The number of piperidine rings is 3. The molecule has 3 rings (SSSR count). The molecule has 3 fully saturated rings. The summed E-state index contributed by atoms with van der Waals surface area (Å²) >= 11 is 0. The van der Waals surface area contributed by atoms with Crippen molar-refractivity contribution in [3.8, 4) is 12.3 Å². The number of rotatable bonds is 5. The van der Waals surface area contributed by atoms with Crippen LogP contribution in [0.1, 0.15) is 26.2 Å². The number of nitrogens with zero attached hydrogens (tertiary/aromatic N) is 1. The third-order valence-corrected chi connectivity index (χ3v) is 5.66. The second kappa shape index (κ2) is 5.60. The monoisotopic (exact) mass is 270 g/mol. The fourth-order valence-corrected chi connectivity index (χ4v) is 4.23. The minimum atomic E-state index is -3.08. The first-order valence-corrected chi connectivity index (χ1v) is 8.38.